The largest absolute Gasteiger partial charge is 0.362 e. The lowest BCUT2D eigenvalue weighted by atomic mass is 9.98. The Bertz CT molecular complexity index is 648. The molecule has 2 aliphatic heterocycles. The van der Waals surface area contributed by atoms with Crippen molar-refractivity contribution in [3.63, 3.8) is 0 Å². The summed E-state index contributed by atoms with van der Waals surface area (Å²) >= 11 is 0. The lowest BCUT2D eigenvalue weighted by Gasteiger charge is -2.34. The van der Waals surface area contributed by atoms with E-state index in [1.165, 1.54) is 24.1 Å². The highest BCUT2D eigenvalue weighted by molar-refractivity contribution is 5.56. The molecule has 21 heavy (non-hydrogen) atoms. The van der Waals surface area contributed by atoms with E-state index in [-0.39, 0.29) is 6.04 Å². The van der Waals surface area contributed by atoms with Crippen LogP contribution in [-0.4, -0.2) is 27.4 Å². The molecule has 2 N–H and O–H groups in total. The summed E-state index contributed by atoms with van der Waals surface area (Å²) in [7, 11) is 0. The van der Waals surface area contributed by atoms with Crippen LogP contribution in [0.15, 0.2) is 24.3 Å². The second-order valence-electron chi connectivity index (χ2n) is 6.11. The summed E-state index contributed by atoms with van der Waals surface area (Å²) in [6.45, 7) is 2.75. The maximum absolute atomic E-state index is 6.22. The average Bonchev–Trinajstić information content (AvgIpc) is 2.90. The number of aryl methyl sites for hydroxylation is 1. The first kappa shape index (κ1) is 12.8. The molecule has 5 nitrogen and oxygen atoms in total. The summed E-state index contributed by atoms with van der Waals surface area (Å²) in [4.78, 5) is 2.36. The molecule has 4 rings (SSSR count). The summed E-state index contributed by atoms with van der Waals surface area (Å²) in [6.07, 6.45) is 4.48. The van der Waals surface area contributed by atoms with Gasteiger partial charge in [0, 0.05) is 31.2 Å². The summed E-state index contributed by atoms with van der Waals surface area (Å²) in [5, 5.41) is 8.77. The van der Waals surface area contributed by atoms with Crippen molar-refractivity contribution in [2.45, 2.75) is 44.8 Å². The molecule has 1 aromatic carbocycles. The molecule has 0 aliphatic carbocycles. The molecule has 1 aromatic heterocycles. The van der Waals surface area contributed by atoms with Crippen LogP contribution >= 0.6 is 0 Å². The van der Waals surface area contributed by atoms with Crippen molar-refractivity contribution in [1.29, 1.82) is 0 Å². The van der Waals surface area contributed by atoms with Gasteiger partial charge in [-0.1, -0.05) is 18.2 Å². The normalized spacial score (nSPS) is 21.0. The van der Waals surface area contributed by atoms with E-state index in [0.29, 0.717) is 0 Å². The average molecular weight is 283 g/mol. The van der Waals surface area contributed by atoms with Gasteiger partial charge in [0.1, 0.15) is 5.82 Å². The number of hydrogen-bond donors (Lipinski definition) is 1. The molecule has 5 heteroatoms. The fourth-order valence-corrected chi connectivity index (χ4v) is 3.53. The van der Waals surface area contributed by atoms with E-state index in [9.17, 15) is 0 Å². The molecule has 0 fully saturated rings. The molecule has 0 bridgehead atoms. The van der Waals surface area contributed by atoms with Crippen molar-refractivity contribution in [2.24, 2.45) is 5.73 Å². The Kier molecular flexibility index (Phi) is 3.15. The Labute approximate surface area is 124 Å². The number of nitrogens with zero attached hydrogens (tertiary/aromatic N) is 4. The lowest BCUT2D eigenvalue weighted by Crippen LogP contribution is -2.43. The first-order chi connectivity index (χ1) is 10.3. The van der Waals surface area contributed by atoms with Crippen LogP contribution in [0.25, 0.3) is 0 Å². The minimum atomic E-state index is 0.198. The molecule has 110 valence electrons. The van der Waals surface area contributed by atoms with Gasteiger partial charge in [0.05, 0.1) is 6.54 Å². The number of para-hydroxylation sites is 1. The molecular formula is C16H21N5. The van der Waals surface area contributed by atoms with Crippen molar-refractivity contribution in [3.8, 4) is 0 Å². The van der Waals surface area contributed by atoms with Gasteiger partial charge in [-0.15, -0.1) is 10.2 Å². The monoisotopic (exact) mass is 283 g/mol. The van der Waals surface area contributed by atoms with Gasteiger partial charge in [-0.25, -0.2) is 0 Å². The fourth-order valence-electron chi connectivity index (χ4n) is 3.53. The third-order valence-corrected chi connectivity index (χ3v) is 4.54. The summed E-state index contributed by atoms with van der Waals surface area (Å²) < 4.78 is 2.30. The molecule has 0 saturated heterocycles. The standard InChI is InChI=1S/C16H21N5/c17-13-9-12-5-1-2-6-14(12)20(10-13)11-16-19-18-15-7-3-4-8-21(15)16/h1-2,5-6,13H,3-4,7-11,17H2. The third-order valence-electron chi connectivity index (χ3n) is 4.54. The number of aromatic nitrogens is 3. The smallest absolute Gasteiger partial charge is 0.152 e. The molecule has 2 aliphatic rings. The highest BCUT2D eigenvalue weighted by Crippen LogP contribution is 2.28. The molecule has 0 spiro atoms. The predicted octanol–water partition coefficient (Wildman–Crippen LogP) is 1.50. The zero-order valence-electron chi connectivity index (χ0n) is 12.2. The van der Waals surface area contributed by atoms with Crippen LogP contribution in [0.5, 0.6) is 0 Å². The van der Waals surface area contributed by atoms with E-state index in [1.54, 1.807) is 0 Å². The first-order valence-corrected chi connectivity index (χ1v) is 7.80. The van der Waals surface area contributed by atoms with Gasteiger partial charge < -0.3 is 15.2 Å². The predicted molar refractivity (Wildman–Crippen MR) is 82.1 cm³/mol. The summed E-state index contributed by atoms with van der Waals surface area (Å²) in [5.41, 5.74) is 8.86. The van der Waals surface area contributed by atoms with Gasteiger partial charge in [-0.05, 0) is 30.9 Å². The topological polar surface area (TPSA) is 60.0 Å². The number of nitrogens with two attached hydrogens (primary N) is 1. The minimum absolute atomic E-state index is 0.198. The quantitative estimate of drug-likeness (QED) is 0.907. The Morgan fingerprint density at radius 2 is 2.10 bits per heavy atom. The van der Waals surface area contributed by atoms with Crippen LogP contribution in [0, 0.1) is 0 Å². The zero-order valence-corrected chi connectivity index (χ0v) is 12.2. The summed E-state index contributed by atoms with van der Waals surface area (Å²) in [5.74, 6) is 2.22. The molecule has 0 saturated carbocycles. The molecule has 0 amide bonds. The SMILES string of the molecule is NC1Cc2ccccc2N(Cc2nnc3n2CCCC3)C1. The molecule has 1 unspecified atom stereocenters. The maximum atomic E-state index is 6.22. The van der Waals surface area contributed by atoms with E-state index in [1.807, 2.05) is 0 Å². The van der Waals surface area contributed by atoms with Gasteiger partial charge >= 0.3 is 0 Å². The number of anilines is 1. The van der Waals surface area contributed by atoms with Gasteiger partial charge in [0.15, 0.2) is 5.82 Å². The fraction of sp³-hybridized carbons (Fsp3) is 0.500. The Morgan fingerprint density at radius 3 is 3.05 bits per heavy atom. The van der Waals surface area contributed by atoms with E-state index >= 15 is 0 Å². The van der Waals surface area contributed by atoms with Crippen LogP contribution < -0.4 is 10.6 Å². The van der Waals surface area contributed by atoms with Crippen molar-refractivity contribution >= 4 is 5.69 Å². The van der Waals surface area contributed by atoms with Gasteiger partial charge in [-0.2, -0.15) is 0 Å². The Hall–Kier alpha value is -1.88. The molecule has 2 aromatic rings. The number of hydrogen-bond acceptors (Lipinski definition) is 4. The van der Waals surface area contributed by atoms with Crippen molar-refractivity contribution in [2.75, 3.05) is 11.4 Å². The van der Waals surface area contributed by atoms with Crippen LogP contribution in [-0.2, 0) is 25.9 Å². The molecule has 1 atom stereocenters. The lowest BCUT2D eigenvalue weighted by molar-refractivity contribution is 0.500. The Morgan fingerprint density at radius 1 is 1.19 bits per heavy atom. The number of benzene rings is 1. The Balaban J connectivity index is 1.64. The van der Waals surface area contributed by atoms with E-state index < -0.39 is 0 Å². The van der Waals surface area contributed by atoms with Crippen LogP contribution in [0.2, 0.25) is 0 Å². The van der Waals surface area contributed by atoms with E-state index in [0.717, 1.165) is 44.1 Å². The molecular weight excluding hydrogens is 262 g/mol. The number of fused-ring (bicyclic) bond motifs is 2. The van der Waals surface area contributed by atoms with E-state index in [2.05, 4.69) is 43.9 Å². The first-order valence-electron chi connectivity index (χ1n) is 7.80. The van der Waals surface area contributed by atoms with Crippen LogP contribution in [0.1, 0.15) is 30.1 Å². The van der Waals surface area contributed by atoms with Crippen molar-refractivity contribution in [1.82, 2.24) is 14.8 Å². The second kappa shape index (κ2) is 5.15. The highest BCUT2D eigenvalue weighted by atomic mass is 15.3. The van der Waals surface area contributed by atoms with Crippen LogP contribution in [0.3, 0.4) is 0 Å². The zero-order chi connectivity index (χ0) is 14.2. The van der Waals surface area contributed by atoms with Gasteiger partial charge in [0.2, 0.25) is 0 Å². The summed E-state index contributed by atoms with van der Waals surface area (Å²) in [6, 6.07) is 8.76. The van der Waals surface area contributed by atoms with Gasteiger partial charge in [0.25, 0.3) is 0 Å². The second-order valence-corrected chi connectivity index (χ2v) is 6.11. The highest BCUT2D eigenvalue weighted by Gasteiger charge is 2.24. The molecule has 3 heterocycles. The number of rotatable bonds is 2. The van der Waals surface area contributed by atoms with E-state index in [4.69, 9.17) is 5.73 Å². The maximum Gasteiger partial charge on any atom is 0.152 e. The van der Waals surface area contributed by atoms with Crippen LogP contribution in [0.4, 0.5) is 5.69 Å². The van der Waals surface area contributed by atoms with Gasteiger partial charge in [-0.3, -0.25) is 0 Å². The molecule has 0 radical (unpaired) electrons. The van der Waals surface area contributed by atoms with Crippen molar-refractivity contribution < 1.29 is 0 Å². The minimum Gasteiger partial charge on any atom is -0.362 e. The van der Waals surface area contributed by atoms with Crippen molar-refractivity contribution in [3.05, 3.63) is 41.5 Å². The third kappa shape index (κ3) is 2.31.